The number of carboxylic acid groups (broad SMARTS) is 1. The van der Waals surface area contributed by atoms with Gasteiger partial charge in [0, 0.05) is 23.7 Å². The number of sulfonamides is 1. The first kappa shape index (κ1) is 31.4. The predicted octanol–water partition coefficient (Wildman–Crippen LogP) is 6.22. The van der Waals surface area contributed by atoms with Gasteiger partial charge in [-0.3, -0.25) is 9.59 Å². The highest BCUT2D eigenvalue weighted by Gasteiger charge is 2.34. The summed E-state index contributed by atoms with van der Waals surface area (Å²) in [6.45, 7) is 5.22. The second-order valence-electron chi connectivity index (χ2n) is 12.4. The molecule has 1 amide bonds. The number of halogens is 1. The lowest BCUT2D eigenvalue weighted by atomic mass is 9.72. The smallest absolute Gasteiger partial charge is 0.303 e. The molecule has 1 fully saturated rings. The van der Waals surface area contributed by atoms with Crippen LogP contribution in [0.25, 0.3) is 0 Å². The summed E-state index contributed by atoms with van der Waals surface area (Å²) >= 11 is 6.30. The number of hydrogen-bond acceptors (Lipinski definition) is 6. The number of hydrogen-bond donors (Lipinski definition) is 2. The van der Waals surface area contributed by atoms with Crippen LogP contribution in [0.1, 0.15) is 73.9 Å². The number of carbonyl (C=O) groups excluding carboxylic acids is 1. The molecule has 1 aliphatic carbocycles. The van der Waals surface area contributed by atoms with Crippen LogP contribution in [-0.2, 0) is 27.8 Å². The van der Waals surface area contributed by atoms with Crippen molar-refractivity contribution in [2.24, 2.45) is 23.7 Å². The third-order valence-corrected chi connectivity index (χ3v) is 11.6. The third-order valence-electron chi connectivity index (χ3n) is 9.44. The van der Waals surface area contributed by atoms with Crippen molar-refractivity contribution < 1.29 is 27.9 Å². The van der Waals surface area contributed by atoms with Crippen molar-refractivity contribution in [3.63, 3.8) is 0 Å². The highest BCUT2D eigenvalue weighted by atomic mass is 35.5. The molecule has 2 N–H and O–H groups in total. The summed E-state index contributed by atoms with van der Waals surface area (Å²) in [6.07, 6.45) is 9.30. The number of aryl methyl sites for hydroxylation is 1. The second-order valence-corrected chi connectivity index (χ2v) is 14.9. The molecule has 43 heavy (non-hydrogen) atoms. The van der Waals surface area contributed by atoms with E-state index in [2.05, 4.69) is 15.7 Å². The van der Waals surface area contributed by atoms with E-state index in [1.54, 1.807) is 32.0 Å². The fourth-order valence-corrected chi connectivity index (χ4v) is 7.93. The quantitative estimate of drug-likeness (QED) is 0.380. The topological polar surface area (TPSA) is 113 Å². The van der Waals surface area contributed by atoms with E-state index < -0.39 is 27.1 Å². The van der Waals surface area contributed by atoms with Gasteiger partial charge in [-0.2, -0.15) is 0 Å². The maximum Gasteiger partial charge on any atom is 0.303 e. The maximum atomic E-state index is 13.4. The molecule has 5 rings (SSSR count). The number of benzene rings is 2. The van der Waals surface area contributed by atoms with Crippen molar-refractivity contribution >= 4 is 39.2 Å². The highest BCUT2D eigenvalue weighted by molar-refractivity contribution is 7.90. The Hall–Kier alpha value is -3.04. The lowest BCUT2D eigenvalue weighted by molar-refractivity contribution is -0.137. The van der Waals surface area contributed by atoms with Crippen molar-refractivity contribution in [2.75, 3.05) is 18.0 Å². The Kier molecular flexibility index (Phi) is 9.71. The summed E-state index contributed by atoms with van der Waals surface area (Å²) < 4.78 is 35.3. The average molecular weight is 629 g/mol. The standard InChI is InChI=1S/C33H41ClN2O6S/c1-21-15-23(16-32(37)38)6-7-24-8-9-27(24)19-36-14-4-3-5-25-17-29(34)12-10-28(25)20-42-31-13-11-26(18-30(31)36)33(39)35-43(40,41)22(21)2/h6-7,10-13,17-18,21-24,27H,3-5,8-9,14-16,19-20H2,1-2H3,(H,35,39)(H,37,38)/b7-6+/t21-,22+,23+,24+,27-/m0/s1. The van der Waals surface area contributed by atoms with Crippen LogP contribution in [0.15, 0.2) is 48.6 Å². The van der Waals surface area contributed by atoms with Crippen LogP contribution < -0.4 is 14.4 Å². The zero-order chi connectivity index (χ0) is 30.7. The Morgan fingerprint density at radius 3 is 2.65 bits per heavy atom. The molecule has 232 valence electrons. The highest BCUT2D eigenvalue weighted by Crippen LogP contribution is 2.40. The molecule has 1 saturated carbocycles. The molecule has 0 aromatic heterocycles. The summed E-state index contributed by atoms with van der Waals surface area (Å²) in [5, 5.41) is 9.36. The number of anilines is 1. The number of carbonyl (C=O) groups is 2. The van der Waals surface area contributed by atoms with Gasteiger partial charge in [-0.15, -0.1) is 0 Å². The van der Waals surface area contributed by atoms with Gasteiger partial charge in [-0.05, 0) is 111 Å². The van der Waals surface area contributed by atoms with E-state index in [1.165, 1.54) is 0 Å². The first-order valence-electron chi connectivity index (χ1n) is 15.3. The van der Waals surface area contributed by atoms with E-state index in [0.29, 0.717) is 35.6 Å². The zero-order valence-corrected chi connectivity index (χ0v) is 26.4. The molecule has 0 unspecified atom stereocenters. The number of fused-ring (bicyclic) bond motifs is 3. The van der Waals surface area contributed by atoms with Crippen LogP contribution in [0.2, 0.25) is 5.02 Å². The number of rotatable bonds is 2. The first-order chi connectivity index (χ1) is 20.5. The predicted molar refractivity (Wildman–Crippen MR) is 168 cm³/mol. The molecule has 2 heterocycles. The lowest BCUT2D eigenvalue weighted by Gasteiger charge is -2.40. The lowest BCUT2D eigenvalue weighted by Crippen LogP contribution is -2.41. The van der Waals surface area contributed by atoms with E-state index in [1.807, 2.05) is 24.3 Å². The first-order valence-corrected chi connectivity index (χ1v) is 17.2. The van der Waals surface area contributed by atoms with E-state index in [9.17, 15) is 23.1 Å². The fourth-order valence-electron chi connectivity index (χ4n) is 6.45. The molecule has 3 aliphatic rings. The number of ether oxygens (including phenoxy) is 1. The van der Waals surface area contributed by atoms with Gasteiger partial charge in [-0.25, -0.2) is 13.1 Å². The molecule has 0 radical (unpaired) electrons. The van der Waals surface area contributed by atoms with E-state index >= 15 is 0 Å². The summed E-state index contributed by atoms with van der Waals surface area (Å²) in [5.74, 6) is -0.942. The van der Waals surface area contributed by atoms with Gasteiger partial charge < -0.3 is 14.7 Å². The molecule has 2 aromatic carbocycles. The third kappa shape index (κ3) is 7.55. The van der Waals surface area contributed by atoms with Gasteiger partial charge in [0.05, 0.1) is 17.4 Å². The van der Waals surface area contributed by atoms with Crippen LogP contribution in [0.5, 0.6) is 5.75 Å². The van der Waals surface area contributed by atoms with Gasteiger partial charge in [-0.1, -0.05) is 36.7 Å². The normalized spacial score (nSPS) is 28.5. The van der Waals surface area contributed by atoms with Crippen LogP contribution in [0.4, 0.5) is 5.69 Å². The van der Waals surface area contributed by atoms with Crippen molar-refractivity contribution in [3.05, 3.63) is 70.3 Å². The molecule has 0 spiro atoms. The number of allylic oxidation sites excluding steroid dienone is 2. The van der Waals surface area contributed by atoms with Gasteiger partial charge in [0.15, 0.2) is 0 Å². The molecule has 2 bridgehead atoms. The van der Waals surface area contributed by atoms with Crippen LogP contribution >= 0.6 is 11.6 Å². The molecule has 0 saturated heterocycles. The minimum absolute atomic E-state index is 0.0671. The number of aliphatic carboxylic acids is 1. The monoisotopic (exact) mass is 628 g/mol. The molecule has 8 nitrogen and oxygen atoms in total. The van der Waals surface area contributed by atoms with E-state index in [0.717, 1.165) is 62.0 Å². The number of carboxylic acids is 1. The van der Waals surface area contributed by atoms with Crippen molar-refractivity contribution in [2.45, 2.75) is 70.7 Å². The maximum absolute atomic E-state index is 13.4. The van der Waals surface area contributed by atoms with Crippen molar-refractivity contribution in [1.29, 1.82) is 0 Å². The molecular formula is C33H41ClN2O6S. The Morgan fingerprint density at radius 1 is 1.09 bits per heavy atom. The minimum Gasteiger partial charge on any atom is -0.487 e. The van der Waals surface area contributed by atoms with Gasteiger partial charge in [0.25, 0.3) is 5.91 Å². The fraction of sp³-hybridized carbons (Fsp3) is 0.515. The van der Waals surface area contributed by atoms with Crippen LogP contribution in [0, 0.1) is 23.7 Å². The SMILES string of the molecule is C[C@@H]1[C@@H](C)C[C@H](CC(=O)O)/C=C/[C@@H]2CC[C@H]2CN2CCCCc3cc(Cl)ccc3COc3ccc(cc32)C(=O)NS1(=O)=O. The molecule has 2 aliphatic heterocycles. The average Bonchev–Trinajstić information content (AvgIpc) is 2.97. The van der Waals surface area contributed by atoms with Gasteiger partial charge in [0.2, 0.25) is 10.0 Å². The summed E-state index contributed by atoms with van der Waals surface area (Å²) in [7, 11) is -4.02. The number of nitrogens with zero attached hydrogens (tertiary/aromatic N) is 1. The largest absolute Gasteiger partial charge is 0.487 e. The minimum atomic E-state index is -4.02. The molecule has 2 aromatic rings. The molecular weight excluding hydrogens is 588 g/mol. The summed E-state index contributed by atoms with van der Waals surface area (Å²) in [6, 6.07) is 11.0. The Labute approximate surface area is 259 Å². The van der Waals surface area contributed by atoms with E-state index in [4.69, 9.17) is 16.3 Å². The van der Waals surface area contributed by atoms with Crippen LogP contribution in [-0.4, -0.2) is 43.7 Å². The van der Waals surface area contributed by atoms with Crippen molar-refractivity contribution in [1.82, 2.24) is 4.72 Å². The summed E-state index contributed by atoms with van der Waals surface area (Å²) in [5.41, 5.74) is 3.25. The van der Waals surface area contributed by atoms with E-state index in [-0.39, 0.29) is 23.8 Å². The van der Waals surface area contributed by atoms with Gasteiger partial charge in [0.1, 0.15) is 12.4 Å². The summed E-state index contributed by atoms with van der Waals surface area (Å²) in [4.78, 5) is 27.3. The Morgan fingerprint density at radius 2 is 1.91 bits per heavy atom. The van der Waals surface area contributed by atoms with Gasteiger partial charge >= 0.3 is 5.97 Å². The zero-order valence-electron chi connectivity index (χ0n) is 24.8. The Bertz CT molecular complexity index is 1490. The number of amides is 1. The van der Waals surface area contributed by atoms with Crippen molar-refractivity contribution in [3.8, 4) is 5.75 Å². The molecule has 5 atom stereocenters. The second kappa shape index (κ2) is 13.3. The molecule has 10 heteroatoms. The number of nitrogens with one attached hydrogen (secondary N) is 1. The Balaban J connectivity index is 1.53. The van der Waals surface area contributed by atoms with Crippen LogP contribution in [0.3, 0.4) is 0 Å².